The van der Waals surface area contributed by atoms with Crippen molar-refractivity contribution in [2.75, 3.05) is 79.3 Å². The molecule has 0 spiro atoms. The molecule has 0 aliphatic heterocycles. The standard InChI is InChI=1S/C20H32O7/c21-7-9-23-11-13-25-15-17-27-19-18-26-16-14-24-12-10-22-8-6-20-4-2-1-3-5-20/h1-6,8,21H,7,9-19H2. The van der Waals surface area contributed by atoms with Crippen molar-refractivity contribution in [1.82, 2.24) is 0 Å². The molecule has 27 heavy (non-hydrogen) atoms. The van der Waals surface area contributed by atoms with Crippen LogP contribution in [0, 0.1) is 0 Å². The van der Waals surface area contributed by atoms with Crippen LogP contribution >= 0.6 is 0 Å². The van der Waals surface area contributed by atoms with E-state index in [2.05, 4.69) is 0 Å². The third-order valence-electron chi connectivity index (χ3n) is 3.23. The fourth-order valence-electron chi connectivity index (χ4n) is 1.91. The number of ether oxygens (including phenoxy) is 6. The Kier molecular flexibility index (Phi) is 16.8. The zero-order valence-corrected chi connectivity index (χ0v) is 15.9. The Hall–Kier alpha value is -1.48. The SMILES string of the molecule is OCCOCCOCCOCCOCCOCCOC=Cc1ccccc1. The minimum absolute atomic E-state index is 0.0357. The second kappa shape index (κ2) is 19.3. The van der Waals surface area contributed by atoms with Crippen LogP contribution in [0.5, 0.6) is 0 Å². The first-order valence-electron chi connectivity index (χ1n) is 9.26. The average molecular weight is 384 g/mol. The first-order chi connectivity index (χ1) is 13.4. The monoisotopic (exact) mass is 384 g/mol. The molecule has 0 saturated carbocycles. The van der Waals surface area contributed by atoms with Crippen molar-refractivity contribution in [2.45, 2.75) is 0 Å². The van der Waals surface area contributed by atoms with Gasteiger partial charge in [-0.05, 0) is 11.6 Å². The van der Waals surface area contributed by atoms with E-state index < -0.39 is 0 Å². The van der Waals surface area contributed by atoms with Gasteiger partial charge in [-0.15, -0.1) is 0 Å². The van der Waals surface area contributed by atoms with E-state index in [1.807, 2.05) is 36.4 Å². The van der Waals surface area contributed by atoms with Crippen molar-refractivity contribution in [2.24, 2.45) is 0 Å². The van der Waals surface area contributed by atoms with E-state index in [9.17, 15) is 0 Å². The summed E-state index contributed by atoms with van der Waals surface area (Å²) in [5, 5.41) is 8.52. The zero-order valence-electron chi connectivity index (χ0n) is 15.9. The van der Waals surface area contributed by atoms with Gasteiger partial charge in [0.25, 0.3) is 0 Å². The molecule has 0 aliphatic rings. The highest BCUT2D eigenvalue weighted by atomic mass is 16.6. The molecule has 1 N–H and O–H groups in total. The highest BCUT2D eigenvalue weighted by Crippen LogP contribution is 2.00. The molecule has 1 aromatic carbocycles. The van der Waals surface area contributed by atoms with Gasteiger partial charge in [-0.2, -0.15) is 0 Å². The third kappa shape index (κ3) is 16.4. The van der Waals surface area contributed by atoms with Gasteiger partial charge in [-0.25, -0.2) is 0 Å². The molecule has 0 atom stereocenters. The predicted octanol–water partition coefficient (Wildman–Crippen LogP) is 1.75. The van der Waals surface area contributed by atoms with E-state index in [-0.39, 0.29) is 6.61 Å². The van der Waals surface area contributed by atoms with E-state index in [0.717, 1.165) is 5.56 Å². The van der Waals surface area contributed by atoms with Crippen LogP contribution in [0.15, 0.2) is 36.6 Å². The summed E-state index contributed by atoms with van der Waals surface area (Å²) in [5.74, 6) is 0. The molecule has 0 aliphatic carbocycles. The summed E-state index contributed by atoms with van der Waals surface area (Å²) in [6, 6.07) is 9.98. The van der Waals surface area contributed by atoms with E-state index in [1.165, 1.54) is 0 Å². The van der Waals surface area contributed by atoms with Gasteiger partial charge in [0.15, 0.2) is 0 Å². The van der Waals surface area contributed by atoms with Crippen LogP contribution in [0.25, 0.3) is 6.08 Å². The Morgan fingerprint density at radius 3 is 1.52 bits per heavy atom. The number of hydrogen-bond donors (Lipinski definition) is 1. The number of hydrogen-bond acceptors (Lipinski definition) is 7. The van der Waals surface area contributed by atoms with E-state index in [0.29, 0.717) is 72.7 Å². The lowest BCUT2D eigenvalue weighted by Gasteiger charge is -2.07. The predicted molar refractivity (Wildman–Crippen MR) is 103 cm³/mol. The maximum atomic E-state index is 8.52. The molecule has 0 bridgehead atoms. The first-order valence-corrected chi connectivity index (χ1v) is 9.26. The summed E-state index contributed by atoms with van der Waals surface area (Å²) in [4.78, 5) is 0. The van der Waals surface area contributed by atoms with Gasteiger partial charge in [0.2, 0.25) is 0 Å². The maximum Gasteiger partial charge on any atom is 0.111 e. The quantitative estimate of drug-likeness (QED) is 0.288. The molecule has 1 aromatic rings. The molecule has 0 aromatic heterocycles. The fraction of sp³-hybridized carbons (Fsp3) is 0.600. The zero-order chi connectivity index (χ0) is 19.3. The van der Waals surface area contributed by atoms with Crippen molar-refractivity contribution >= 4 is 6.08 Å². The number of aliphatic hydroxyl groups is 1. The van der Waals surface area contributed by atoms with Gasteiger partial charge < -0.3 is 33.5 Å². The largest absolute Gasteiger partial charge is 0.499 e. The van der Waals surface area contributed by atoms with Gasteiger partial charge in [-0.1, -0.05) is 30.3 Å². The van der Waals surface area contributed by atoms with Crippen LogP contribution in [0.2, 0.25) is 0 Å². The van der Waals surface area contributed by atoms with Crippen molar-refractivity contribution in [3.63, 3.8) is 0 Å². The molecule has 7 heteroatoms. The Morgan fingerprint density at radius 2 is 1.04 bits per heavy atom. The lowest BCUT2D eigenvalue weighted by atomic mass is 10.2. The van der Waals surface area contributed by atoms with Crippen LogP contribution in [0.4, 0.5) is 0 Å². The molecule has 0 radical (unpaired) electrons. The van der Waals surface area contributed by atoms with Crippen LogP contribution in [-0.4, -0.2) is 84.4 Å². The topological polar surface area (TPSA) is 75.6 Å². The first kappa shape index (κ1) is 23.6. The lowest BCUT2D eigenvalue weighted by Crippen LogP contribution is -2.14. The summed E-state index contributed by atoms with van der Waals surface area (Å²) >= 11 is 0. The maximum absolute atomic E-state index is 8.52. The number of aliphatic hydroxyl groups excluding tert-OH is 1. The molecule has 7 nitrogen and oxygen atoms in total. The Labute approximate surface area is 161 Å². The number of benzene rings is 1. The molecule has 0 fully saturated rings. The Morgan fingerprint density at radius 1 is 0.593 bits per heavy atom. The lowest BCUT2D eigenvalue weighted by molar-refractivity contribution is -0.0154. The van der Waals surface area contributed by atoms with Crippen molar-refractivity contribution in [3.8, 4) is 0 Å². The minimum Gasteiger partial charge on any atom is -0.499 e. The van der Waals surface area contributed by atoms with E-state index in [4.69, 9.17) is 33.5 Å². The smallest absolute Gasteiger partial charge is 0.111 e. The summed E-state index contributed by atoms with van der Waals surface area (Å²) in [6.07, 6.45) is 3.59. The molecule has 1 rings (SSSR count). The minimum atomic E-state index is 0.0357. The summed E-state index contributed by atoms with van der Waals surface area (Å²) < 4.78 is 31.9. The van der Waals surface area contributed by atoms with Gasteiger partial charge in [0.1, 0.15) is 6.61 Å². The van der Waals surface area contributed by atoms with Gasteiger partial charge in [0, 0.05) is 0 Å². The molecule has 154 valence electrons. The van der Waals surface area contributed by atoms with E-state index >= 15 is 0 Å². The summed E-state index contributed by atoms with van der Waals surface area (Å²) in [7, 11) is 0. The van der Waals surface area contributed by atoms with Crippen LogP contribution < -0.4 is 0 Å². The molecule has 0 saturated heterocycles. The van der Waals surface area contributed by atoms with E-state index in [1.54, 1.807) is 6.26 Å². The highest BCUT2D eigenvalue weighted by molar-refractivity contribution is 5.47. The van der Waals surface area contributed by atoms with Crippen molar-refractivity contribution in [1.29, 1.82) is 0 Å². The van der Waals surface area contributed by atoms with Crippen molar-refractivity contribution < 1.29 is 33.5 Å². The molecule has 0 amide bonds. The number of rotatable bonds is 19. The highest BCUT2D eigenvalue weighted by Gasteiger charge is 1.93. The van der Waals surface area contributed by atoms with Gasteiger partial charge in [0.05, 0.1) is 78.9 Å². The normalized spacial score (nSPS) is 11.3. The van der Waals surface area contributed by atoms with Crippen molar-refractivity contribution in [3.05, 3.63) is 42.2 Å². The average Bonchev–Trinajstić information content (AvgIpc) is 2.70. The van der Waals surface area contributed by atoms with Crippen LogP contribution in [0.1, 0.15) is 5.56 Å². The summed E-state index contributed by atoms with van der Waals surface area (Å²) in [5.41, 5.74) is 1.10. The molecular weight excluding hydrogens is 352 g/mol. The summed E-state index contributed by atoms with van der Waals surface area (Å²) in [6.45, 7) is 5.56. The van der Waals surface area contributed by atoms with Crippen LogP contribution in [-0.2, 0) is 28.4 Å². The molecular formula is C20H32O7. The molecule has 0 unspecified atom stereocenters. The van der Waals surface area contributed by atoms with Gasteiger partial charge >= 0.3 is 0 Å². The van der Waals surface area contributed by atoms with Gasteiger partial charge in [-0.3, -0.25) is 0 Å². The second-order valence-electron chi connectivity index (χ2n) is 5.37. The molecule has 0 heterocycles. The Bertz CT molecular complexity index is 439. The second-order valence-corrected chi connectivity index (χ2v) is 5.37. The fourth-order valence-corrected chi connectivity index (χ4v) is 1.91. The third-order valence-corrected chi connectivity index (χ3v) is 3.23. The Balaban J connectivity index is 1.71. The van der Waals surface area contributed by atoms with Crippen LogP contribution in [0.3, 0.4) is 0 Å².